The Morgan fingerprint density at radius 3 is 2.62 bits per heavy atom. The van der Waals surface area contributed by atoms with Crippen molar-refractivity contribution in [3.8, 4) is 0 Å². The Balaban J connectivity index is 1.30. The highest BCUT2D eigenvalue weighted by Crippen LogP contribution is 2.32. The predicted octanol–water partition coefficient (Wildman–Crippen LogP) is 4.27. The third kappa shape index (κ3) is 5.06. The summed E-state index contributed by atoms with van der Waals surface area (Å²) in [4.78, 5) is 26.7. The van der Waals surface area contributed by atoms with E-state index in [0.29, 0.717) is 12.1 Å². The molecule has 0 aromatic heterocycles. The van der Waals surface area contributed by atoms with Crippen LogP contribution in [-0.2, 0) is 17.6 Å². The Bertz CT molecular complexity index is 897. The van der Waals surface area contributed by atoms with E-state index in [0.717, 1.165) is 53.6 Å². The maximum Gasteiger partial charge on any atom is 0.319 e. The minimum atomic E-state index is -0.229. The van der Waals surface area contributed by atoms with E-state index >= 15 is 0 Å². The van der Waals surface area contributed by atoms with Gasteiger partial charge in [0, 0.05) is 35.3 Å². The molecule has 1 fully saturated rings. The van der Waals surface area contributed by atoms with E-state index in [2.05, 4.69) is 10.6 Å². The fourth-order valence-electron chi connectivity index (χ4n) is 3.87. The molecule has 29 heavy (non-hydrogen) atoms. The number of anilines is 1. The van der Waals surface area contributed by atoms with Crippen LogP contribution in [0.3, 0.4) is 0 Å². The van der Waals surface area contributed by atoms with Crippen molar-refractivity contribution in [1.29, 1.82) is 0 Å². The van der Waals surface area contributed by atoms with Crippen LogP contribution in [0.4, 0.5) is 10.5 Å². The van der Waals surface area contributed by atoms with Gasteiger partial charge in [0.25, 0.3) is 0 Å². The largest absolute Gasteiger partial charge is 0.341 e. The van der Waals surface area contributed by atoms with Gasteiger partial charge in [0.15, 0.2) is 0 Å². The number of hydrogen-bond acceptors (Lipinski definition) is 3. The van der Waals surface area contributed by atoms with Crippen molar-refractivity contribution in [3.05, 3.63) is 64.2 Å². The molecule has 1 aliphatic heterocycles. The highest BCUT2D eigenvalue weighted by molar-refractivity contribution is 7.99. The fourth-order valence-corrected chi connectivity index (χ4v) is 4.96. The van der Waals surface area contributed by atoms with E-state index in [1.807, 2.05) is 59.1 Å². The van der Waals surface area contributed by atoms with Crippen molar-refractivity contribution in [3.63, 3.8) is 0 Å². The summed E-state index contributed by atoms with van der Waals surface area (Å²) in [5.74, 6) is 2.20. The van der Waals surface area contributed by atoms with E-state index in [9.17, 15) is 9.59 Å². The second-order valence-electron chi connectivity index (χ2n) is 7.40. The van der Waals surface area contributed by atoms with Crippen LogP contribution in [0, 0.1) is 0 Å². The normalized spacial score (nSPS) is 18.2. The molecule has 5 nitrogen and oxygen atoms in total. The summed E-state index contributed by atoms with van der Waals surface area (Å²) >= 11 is 7.94. The molecule has 0 bridgehead atoms. The minimum absolute atomic E-state index is 0.00173. The standard InChI is InChI=1S/C22H24ClN3O2S/c23-17-4-7-19-16(14-17)3-8-20(19)25-22(28)24-18-5-1-15(2-6-18)13-21(27)26-9-11-29-12-10-26/h1-2,4-7,14,20H,3,8-13H2,(H2,24,25,28). The second kappa shape index (κ2) is 9.09. The van der Waals surface area contributed by atoms with Gasteiger partial charge in [-0.3, -0.25) is 4.79 Å². The fraction of sp³-hybridized carbons (Fsp3) is 0.364. The Morgan fingerprint density at radius 2 is 1.86 bits per heavy atom. The molecule has 7 heteroatoms. The lowest BCUT2D eigenvalue weighted by molar-refractivity contribution is -0.130. The number of carbonyl (C=O) groups excluding carboxylic acids is 2. The number of benzene rings is 2. The second-order valence-corrected chi connectivity index (χ2v) is 9.06. The number of thioether (sulfide) groups is 1. The van der Waals surface area contributed by atoms with Crippen molar-refractivity contribution < 1.29 is 9.59 Å². The van der Waals surface area contributed by atoms with E-state index < -0.39 is 0 Å². The summed E-state index contributed by atoms with van der Waals surface area (Å²) in [6.07, 6.45) is 2.19. The topological polar surface area (TPSA) is 61.4 Å². The summed E-state index contributed by atoms with van der Waals surface area (Å²) in [6, 6.07) is 13.1. The molecule has 2 aliphatic rings. The molecule has 1 unspecified atom stereocenters. The zero-order valence-corrected chi connectivity index (χ0v) is 17.7. The average molecular weight is 430 g/mol. The molecular formula is C22H24ClN3O2S. The molecule has 1 aliphatic carbocycles. The molecule has 3 amide bonds. The Hall–Kier alpha value is -2.18. The first-order valence-electron chi connectivity index (χ1n) is 9.89. The third-order valence-electron chi connectivity index (χ3n) is 5.42. The number of hydrogen-bond donors (Lipinski definition) is 2. The van der Waals surface area contributed by atoms with Crippen LogP contribution in [0.2, 0.25) is 5.02 Å². The summed E-state index contributed by atoms with van der Waals surface area (Å²) in [7, 11) is 0. The zero-order chi connectivity index (χ0) is 20.2. The molecule has 2 N–H and O–H groups in total. The van der Waals surface area contributed by atoms with Gasteiger partial charge in [-0.15, -0.1) is 0 Å². The first-order chi connectivity index (χ1) is 14.1. The van der Waals surface area contributed by atoms with Crippen LogP contribution in [0.5, 0.6) is 0 Å². The predicted molar refractivity (Wildman–Crippen MR) is 119 cm³/mol. The monoisotopic (exact) mass is 429 g/mol. The van der Waals surface area contributed by atoms with Crippen LogP contribution in [-0.4, -0.2) is 41.4 Å². The Kier molecular flexibility index (Phi) is 6.31. The minimum Gasteiger partial charge on any atom is -0.341 e. The molecule has 0 spiro atoms. The van der Waals surface area contributed by atoms with Crippen LogP contribution < -0.4 is 10.6 Å². The lowest BCUT2D eigenvalue weighted by Gasteiger charge is -2.26. The van der Waals surface area contributed by atoms with Gasteiger partial charge in [0.1, 0.15) is 0 Å². The smallest absolute Gasteiger partial charge is 0.319 e. The Labute approximate surface area is 180 Å². The zero-order valence-electron chi connectivity index (χ0n) is 16.1. The number of fused-ring (bicyclic) bond motifs is 1. The first kappa shape index (κ1) is 20.1. The van der Waals surface area contributed by atoms with Gasteiger partial charge in [-0.1, -0.05) is 29.8 Å². The number of halogens is 1. The quantitative estimate of drug-likeness (QED) is 0.763. The summed E-state index contributed by atoms with van der Waals surface area (Å²) < 4.78 is 0. The van der Waals surface area contributed by atoms with Crippen LogP contribution in [0.25, 0.3) is 0 Å². The van der Waals surface area contributed by atoms with Crippen LogP contribution in [0.1, 0.15) is 29.2 Å². The van der Waals surface area contributed by atoms with Gasteiger partial charge in [-0.25, -0.2) is 4.79 Å². The number of urea groups is 1. The molecule has 152 valence electrons. The highest BCUT2D eigenvalue weighted by Gasteiger charge is 2.24. The lowest BCUT2D eigenvalue weighted by atomic mass is 10.1. The van der Waals surface area contributed by atoms with Gasteiger partial charge in [0.05, 0.1) is 12.5 Å². The number of carbonyl (C=O) groups is 2. The van der Waals surface area contributed by atoms with Gasteiger partial charge in [-0.2, -0.15) is 11.8 Å². The molecule has 2 aromatic rings. The van der Waals surface area contributed by atoms with Crippen LogP contribution in [0.15, 0.2) is 42.5 Å². The van der Waals surface area contributed by atoms with E-state index in [1.54, 1.807) is 0 Å². The number of rotatable bonds is 4. The molecular weight excluding hydrogens is 406 g/mol. The SMILES string of the molecule is O=C(Nc1ccc(CC(=O)N2CCSCC2)cc1)NC1CCc2cc(Cl)ccc21. The van der Waals surface area contributed by atoms with Crippen molar-refractivity contribution in [1.82, 2.24) is 10.2 Å². The van der Waals surface area contributed by atoms with E-state index in [-0.39, 0.29) is 18.0 Å². The molecule has 1 saturated heterocycles. The summed E-state index contributed by atoms with van der Waals surface area (Å²) in [6.45, 7) is 1.67. The molecule has 1 atom stereocenters. The van der Waals surface area contributed by atoms with Gasteiger partial charge < -0.3 is 15.5 Å². The Morgan fingerprint density at radius 1 is 1.10 bits per heavy atom. The van der Waals surface area contributed by atoms with Crippen molar-refractivity contribution >= 4 is 41.0 Å². The number of amides is 3. The highest BCUT2D eigenvalue weighted by atomic mass is 35.5. The van der Waals surface area contributed by atoms with Crippen LogP contribution >= 0.6 is 23.4 Å². The summed E-state index contributed by atoms with van der Waals surface area (Å²) in [5.41, 5.74) is 4.00. The van der Waals surface area contributed by atoms with Crippen molar-refractivity contribution in [2.75, 3.05) is 29.9 Å². The summed E-state index contributed by atoms with van der Waals surface area (Å²) in [5, 5.41) is 6.65. The maximum atomic E-state index is 12.4. The lowest BCUT2D eigenvalue weighted by Crippen LogP contribution is -2.38. The van der Waals surface area contributed by atoms with Crippen molar-refractivity contribution in [2.24, 2.45) is 0 Å². The third-order valence-corrected chi connectivity index (χ3v) is 6.60. The van der Waals surface area contributed by atoms with Gasteiger partial charge in [-0.05, 0) is 53.8 Å². The maximum absolute atomic E-state index is 12.4. The van der Waals surface area contributed by atoms with E-state index in [1.165, 1.54) is 5.56 Å². The number of nitrogens with zero attached hydrogens (tertiary/aromatic N) is 1. The average Bonchev–Trinajstić information content (AvgIpc) is 3.11. The molecule has 2 aromatic carbocycles. The van der Waals surface area contributed by atoms with Gasteiger partial charge >= 0.3 is 6.03 Å². The van der Waals surface area contributed by atoms with E-state index in [4.69, 9.17) is 11.6 Å². The number of nitrogens with one attached hydrogen (secondary N) is 2. The molecule has 0 radical (unpaired) electrons. The molecule has 1 heterocycles. The van der Waals surface area contributed by atoms with Gasteiger partial charge in [0.2, 0.25) is 5.91 Å². The molecule has 4 rings (SSSR count). The first-order valence-corrected chi connectivity index (χ1v) is 11.4. The number of aryl methyl sites for hydroxylation is 1. The molecule has 0 saturated carbocycles. The van der Waals surface area contributed by atoms with Crippen molar-refractivity contribution in [2.45, 2.75) is 25.3 Å².